The number of hydrogen-bond acceptors (Lipinski definition) is 3. The van der Waals surface area contributed by atoms with Crippen LogP contribution in [0, 0.1) is 11.3 Å². The lowest BCUT2D eigenvalue weighted by Crippen LogP contribution is -2.02. The third kappa shape index (κ3) is 4.15. The number of nitrogens with zero attached hydrogens (tertiary/aromatic N) is 1. The number of hydrogen-bond donors (Lipinski definition) is 0. The molecule has 0 bridgehead atoms. The smallest absolute Gasteiger partial charge is 0.333 e. The summed E-state index contributed by atoms with van der Waals surface area (Å²) in [5.41, 5.74) is 0.433. The molecule has 0 saturated carbocycles. The van der Waals surface area contributed by atoms with E-state index in [1.807, 2.05) is 6.07 Å². The zero-order chi connectivity index (χ0) is 8.69. The second-order valence-electron chi connectivity index (χ2n) is 2.11. The van der Waals surface area contributed by atoms with Crippen LogP contribution < -0.4 is 0 Å². The summed E-state index contributed by atoms with van der Waals surface area (Å²) in [7, 11) is 1.32. The lowest BCUT2D eigenvalue weighted by molar-refractivity contribution is -0.136. The summed E-state index contributed by atoms with van der Waals surface area (Å²) in [6.07, 6.45) is 1.67. The molecular formula is C8H11NO2. The Morgan fingerprint density at radius 2 is 2.36 bits per heavy atom. The number of methoxy groups -OCH3 is 1. The zero-order valence-electron chi connectivity index (χ0n) is 6.59. The molecule has 0 unspecified atom stereocenters. The lowest BCUT2D eigenvalue weighted by atomic mass is 10.1. The maximum atomic E-state index is 10.7. The molecule has 3 heteroatoms. The van der Waals surface area contributed by atoms with Gasteiger partial charge in [-0.25, -0.2) is 4.79 Å². The van der Waals surface area contributed by atoms with Crippen LogP contribution in [0.3, 0.4) is 0 Å². The van der Waals surface area contributed by atoms with Crippen LogP contribution in [0.4, 0.5) is 0 Å². The predicted molar refractivity (Wildman–Crippen MR) is 40.6 cm³/mol. The molecule has 0 aliphatic heterocycles. The van der Waals surface area contributed by atoms with Gasteiger partial charge in [-0.1, -0.05) is 6.58 Å². The van der Waals surface area contributed by atoms with Gasteiger partial charge in [0.05, 0.1) is 13.2 Å². The molecule has 0 spiro atoms. The first-order valence-electron chi connectivity index (χ1n) is 3.35. The first kappa shape index (κ1) is 9.70. The largest absolute Gasteiger partial charge is 0.466 e. The average Bonchev–Trinajstić information content (AvgIpc) is 2.03. The average molecular weight is 153 g/mol. The van der Waals surface area contributed by atoms with Crippen LogP contribution in [0.1, 0.15) is 19.3 Å². The van der Waals surface area contributed by atoms with E-state index in [9.17, 15) is 4.79 Å². The SMILES string of the molecule is C=C(CCCC#N)C(=O)OC. The molecule has 0 fully saturated rings. The van der Waals surface area contributed by atoms with E-state index >= 15 is 0 Å². The molecule has 0 aliphatic carbocycles. The molecule has 0 aromatic heterocycles. The summed E-state index contributed by atoms with van der Waals surface area (Å²) >= 11 is 0. The molecule has 0 aromatic carbocycles. The molecule has 0 aromatic rings. The molecule has 60 valence electrons. The third-order valence-corrected chi connectivity index (χ3v) is 1.24. The summed E-state index contributed by atoms with van der Waals surface area (Å²) < 4.78 is 4.42. The van der Waals surface area contributed by atoms with Gasteiger partial charge >= 0.3 is 5.97 Å². The second-order valence-corrected chi connectivity index (χ2v) is 2.11. The van der Waals surface area contributed by atoms with Crippen LogP contribution in [0.25, 0.3) is 0 Å². The van der Waals surface area contributed by atoms with Gasteiger partial charge in [-0.15, -0.1) is 0 Å². The molecule has 11 heavy (non-hydrogen) atoms. The van der Waals surface area contributed by atoms with E-state index in [0.717, 1.165) is 0 Å². The first-order valence-corrected chi connectivity index (χ1v) is 3.35. The maximum Gasteiger partial charge on any atom is 0.333 e. The Bertz CT molecular complexity index is 191. The van der Waals surface area contributed by atoms with Crippen molar-refractivity contribution < 1.29 is 9.53 Å². The highest BCUT2D eigenvalue weighted by molar-refractivity contribution is 5.87. The summed E-state index contributed by atoms with van der Waals surface area (Å²) in [4.78, 5) is 10.7. The van der Waals surface area contributed by atoms with Crippen molar-refractivity contribution in [3.8, 4) is 6.07 Å². The van der Waals surface area contributed by atoms with Gasteiger partial charge in [-0.05, 0) is 12.8 Å². The minimum Gasteiger partial charge on any atom is -0.466 e. The summed E-state index contributed by atoms with van der Waals surface area (Å²) in [6, 6.07) is 1.99. The van der Waals surface area contributed by atoms with Crippen molar-refractivity contribution in [1.82, 2.24) is 0 Å². The normalized spacial score (nSPS) is 8.36. The van der Waals surface area contributed by atoms with Gasteiger partial charge in [0.25, 0.3) is 0 Å². The monoisotopic (exact) mass is 153 g/mol. The number of rotatable bonds is 4. The maximum absolute atomic E-state index is 10.7. The minimum atomic E-state index is -0.386. The molecule has 0 rings (SSSR count). The number of nitriles is 1. The van der Waals surface area contributed by atoms with Gasteiger partial charge in [-0.2, -0.15) is 5.26 Å². The van der Waals surface area contributed by atoms with Crippen LogP contribution in [-0.4, -0.2) is 13.1 Å². The highest BCUT2D eigenvalue weighted by Gasteiger charge is 2.04. The van der Waals surface area contributed by atoms with Crippen LogP contribution >= 0.6 is 0 Å². The molecule has 0 heterocycles. The van der Waals surface area contributed by atoms with E-state index < -0.39 is 0 Å². The van der Waals surface area contributed by atoms with Crippen molar-refractivity contribution in [2.45, 2.75) is 19.3 Å². The van der Waals surface area contributed by atoms with E-state index in [-0.39, 0.29) is 5.97 Å². The highest BCUT2D eigenvalue weighted by atomic mass is 16.5. The van der Waals surface area contributed by atoms with E-state index in [1.54, 1.807) is 0 Å². The Kier molecular flexibility index (Phi) is 4.83. The van der Waals surface area contributed by atoms with Crippen LogP contribution in [0.2, 0.25) is 0 Å². The van der Waals surface area contributed by atoms with E-state index in [4.69, 9.17) is 5.26 Å². The van der Waals surface area contributed by atoms with Gasteiger partial charge in [0.15, 0.2) is 0 Å². The molecule has 0 radical (unpaired) electrons. The van der Waals surface area contributed by atoms with Crippen molar-refractivity contribution in [1.29, 1.82) is 5.26 Å². The van der Waals surface area contributed by atoms with Crippen molar-refractivity contribution in [2.75, 3.05) is 7.11 Å². The van der Waals surface area contributed by atoms with E-state index in [1.165, 1.54) is 7.11 Å². The van der Waals surface area contributed by atoms with Gasteiger partial charge in [0.2, 0.25) is 0 Å². The quantitative estimate of drug-likeness (QED) is 0.348. The van der Waals surface area contributed by atoms with Gasteiger partial charge in [-0.3, -0.25) is 0 Å². The minimum absolute atomic E-state index is 0.386. The Labute approximate surface area is 66.3 Å². The van der Waals surface area contributed by atoms with Crippen molar-refractivity contribution in [2.24, 2.45) is 0 Å². The number of esters is 1. The Balaban J connectivity index is 3.54. The fourth-order valence-corrected chi connectivity index (χ4v) is 0.627. The fraction of sp³-hybridized carbons (Fsp3) is 0.500. The van der Waals surface area contributed by atoms with Gasteiger partial charge in [0, 0.05) is 12.0 Å². The summed E-state index contributed by atoms with van der Waals surface area (Å²) in [5, 5.41) is 8.18. The molecule has 0 aliphatic rings. The lowest BCUT2D eigenvalue weighted by Gasteiger charge is -1.99. The summed E-state index contributed by atoms with van der Waals surface area (Å²) in [6.45, 7) is 3.51. The van der Waals surface area contributed by atoms with Gasteiger partial charge in [0.1, 0.15) is 0 Å². The number of unbranched alkanes of at least 4 members (excludes halogenated alkanes) is 1. The molecule has 0 saturated heterocycles. The standard InChI is InChI=1S/C8H11NO2/c1-7(8(10)11-2)5-3-4-6-9/h1,3-5H2,2H3. The van der Waals surface area contributed by atoms with Crippen molar-refractivity contribution in [3.63, 3.8) is 0 Å². The number of carbonyl (C=O) groups is 1. The van der Waals surface area contributed by atoms with Crippen LogP contribution in [0.15, 0.2) is 12.2 Å². The highest BCUT2D eigenvalue weighted by Crippen LogP contribution is 2.05. The number of ether oxygens (including phenoxy) is 1. The molecule has 3 nitrogen and oxygen atoms in total. The second kappa shape index (κ2) is 5.48. The molecule has 0 amide bonds. The van der Waals surface area contributed by atoms with Crippen LogP contribution in [-0.2, 0) is 9.53 Å². The van der Waals surface area contributed by atoms with E-state index in [0.29, 0.717) is 24.8 Å². The molecular weight excluding hydrogens is 142 g/mol. The topological polar surface area (TPSA) is 50.1 Å². The fourth-order valence-electron chi connectivity index (χ4n) is 0.627. The number of carbonyl (C=O) groups excluding carboxylic acids is 1. The molecule has 0 atom stereocenters. The summed E-state index contributed by atoms with van der Waals surface area (Å²) in [5.74, 6) is -0.386. The van der Waals surface area contributed by atoms with Crippen molar-refractivity contribution >= 4 is 5.97 Å². The Morgan fingerprint density at radius 3 is 2.82 bits per heavy atom. The Hall–Kier alpha value is -1.30. The first-order chi connectivity index (χ1) is 5.22. The van der Waals surface area contributed by atoms with Crippen LogP contribution in [0.5, 0.6) is 0 Å². The van der Waals surface area contributed by atoms with E-state index in [2.05, 4.69) is 11.3 Å². The van der Waals surface area contributed by atoms with Gasteiger partial charge < -0.3 is 4.74 Å². The Morgan fingerprint density at radius 1 is 1.73 bits per heavy atom. The molecule has 0 N–H and O–H groups in total. The zero-order valence-corrected chi connectivity index (χ0v) is 6.59. The van der Waals surface area contributed by atoms with Crippen molar-refractivity contribution in [3.05, 3.63) is 12.2 Å². The predicted octanol–water partition coefficient (Wildman–Crippen LogP) is 1.41. The third-order valence-electron chi connectivity index (χ3n) is 1.24.